The number of benzene rings is 1. The lowest BCUT2D eigenvalue weighted by molar-refractivity contribution is -0.159. The molecule has 1 aromatic rings. The van der Waals surface area contributed by atoms with Crippen LogP contribution in [-0.2, 0) is 19.1 Å². The first-order valence-electron chi connectivity index (χ1n) is 9.50. The number of methoxy groups -OCH3 is 1. The zero-order valence-corrected chi connectivity index (χ0v) is 16.1. The number of aliphatic carboxylic acids is 1. The largest absolute Gasteiger partial charge is 0.480 e. The van der Waals surface area contributed by atoms with Crippen LogP contribution in [0, 0.1) is 18.8 Å². The molecule has 1 heterocycles. The normalized spacial score (nSPS) is 28.3. The van der Waals surface area contributed by atoms with E-state index in [2.05, 4.69) is 0 Å². The number of amides is 1. The number of aryl methyl sites for hydroxylation is 1. The van der Waals surface area contributed by atoms with Crippen molar-refractivity contribution < 1.29 is 24.2 Å². The fourth-order valence-electron chi connectivity index (χ4n) is 4.66. The molecule has 0 radical (unpaired) electrons. The highest BCUT2D eigenvalue weighted by molar-refractivity contribution is 5.91. The molecule has 6 nitrogen and oxygen atoms in total. The number of rotatable bonds is 4. The van der Waals surface area contributed by atoms with Gasteiger partial charge in [0.15, 0.2) is 0 Å². The van der Waals surface area contributed by atoms with Crippen LogP contribution in [-0.4, -0.2) is 40.5 Å². The molecule has 6 heteroatoms. The average Bonchev–Trinajstić information content (AvgIpc) is 3.27. The van der Waals surface area contributed by atoms with Crippen LogP contribution >= 0.6 is 0 Å². The van der Waals surface area contributed by atoms with Crippen molar-refractivity contribution in [3.63, 3.8) is 0 Å². The maximum Gasteiger partial charge on any atom is 0.329 e. The van der Waals surface area contributed by atoms with Gasteiger partial charge in [0, 0.05) is 5.92 Å². The van der Waals surface area contributed by atoms with Crippen molar-refractivity contribution in [1.82, 2.24) is 4.90 Å². The van der Waals surface area contributed by atoms with Crippen molar-refractivity contribution in [2.75, 3.05) is 7.11 Å². The molecule has 2 fully saturated rings. The highest BCUT2D eigenvalue weighted by Crippen LogP contribution is 2.49. The Morgan fingerprint density at radius 2 is 1.89 bits per heavy atom. The van der Waals surface area contributed by atoms with E-state index in [1.807, 2.05) is 31.2 Å². The predicted octanol–water partition coefficient (Wildman–Crippen LogP) is 3.09. The summed E-state index contributed by atoms with van der Waals surface area (Å²) >= 11 is 0. The van der Waals surface area contributed by atoms with Gasteiger partial charge in [-0.15, -0.1) is 0 Å². The molecule has 3 rings (SSSR count). The van der Waals surface area contributed by atoms with Crippen molar-refractivity contribution in [3.8, 4) is 0 Å². The number of likely N-dealkylation sites (tertiary alicyclic amines) is 1. The summed E-state index contributed by atoms with van der Waals surface area (Å²) in [6.07, 6.45) is 3.54. The van der Waals surface area contributed by atoms with Gasteiger partial charge in [0.25, 0.3) is 0 Å². The van der Waals surface area contributed by atoms with Crippen molar-refractivity contribution in [1.29, 1.82) is 0 Å². The molecular formula is C21H27NO5. The fraction of sp³-hybridized carbons (Fsp3) is 0.571. The Bertz CT molecular complexity index is 755. The van der Waals surface area contributed by atoms with Crippen molar-refractivity contribution in [2.24, 2.45) is 11.8 Å². The van der Waals surface area contributed by atoms with Crippen LogP contribution in [0.5, 0.6) is 0 Å². The molecule has 1 aliphatic heterocycles. The van der Waals surface area contributed by atoms with E-state index in [4.69, 9.17) is 4.74 Å². The van der Waals surface area contributed by atoms with Gasteiger partial charge in [-0.1, -0.05) is 42.7 Å². The zero-order chi connectivity index (χ0) is 19.8. The number of carbonyl (C=O) groups excluding carboxylic acids is 2. The Hall–Kier alpha value is -2.37. The molecule has 1 N–H and O–H groups in total. The summed E-state index contributed by atoms with van der Waals surface area (Å²) in [6, 6.07) is 6.95. The van der Waals surface area contributed by atoms with Crippen LogP contribution < -0.4 is 0 Å². The van der Waals surface area contributed by atoms with E-state index in [1.54, 1.807) is 6.92 Å². The van der Waals surface area contributed by atoms with E-state index in [0.717, 1.165) is 36.8 Å². The average molecular weight is 373 g/mol. The fourth-order valence-corrected chi connectivity index (χ4v) is 4.66. The lowest BCUT2D eigenvalue weighted by atomic mass is 9.90. The number of hydrogen-bond acceptors (Lipinski definition) is 4. The molecule has 3 atom stereocenters. The van der Waals surface area contributed by atoms with Gasteiger partial charge in [-0.3, -0.25) is 9.59 Å². The van der Waals surface area contributed by atoms with E-state index in [1.165, 1.54) is 12.0 Å². The first kappa shape index (κ1) is 19.4. The second-order valence-corrected chi connectivity index (χ2v) is 7.96. The van der Waals surface area contributed by atoms with Crippen LogP contribution in [0.3, 0.4) is 0 Å². The minimum atomic E-state index is -1.44. The summed E-state index contributed by atoms with van der Waals surface area (Å²) in [5, 5.41) is 9.98. The minimum Gasteiger partial charge on any atom is -0.480 e. The summed E-state index contributed by atoms with van der Waals surface area (Å²) in [7, 11) is 1.30. The second kappa shape index (κ2) is 7.33. The molecular weight excluding hydrogens is 346 g/mol. The summed E-state index contributed by atoms with van der Waals surface area (Å²) in [5.74, 6) is -2.60. The lowest BCUT2D eigenvalue weighted by Crippen LogP contribution is -2.53. The number of nitrogens with zero attached hydrogens (tertiary/aromatic N) is 1. The van der Waals surface area contributed by atoms with E-state index in [0.29, 0.717) is 0 Å². The molecule has 27 heavy (non-hydrogen) atoms. The summed E-state index contributed by atoms with van der Waals surface area (Å²) in [6.45, 7) is 3.49. The Kier molecular flexibility index (Phi) is 5.27. The molecule has 1 aliphatic carbocycles. The Morgan fingerprint density at radius 1 is 1.22 bits per heavy atom. The van der Waals surface area contributed by atoms with E-state index < -0.39 is 29.4 Å². The van der Waals surface area contributed by atoms with Gasteiger partial charge in [0.05, 0.1) is 19.1 Å². The Labute approximate surface area is 159 Å². The second-order valence-electron chi connectivity index (χ2n) is 7.96. The van der Waals surface area contributed by atoms with Gasteiger partial charge in [0.1, 0.15) is 5.54 Å². The number of carboxylic acid groups (broad SMARTS) is 1. The van der Waals surface area contributed by atoms with Crippen LogP contribution in [0.2, 0.25) is 0 Å². The SMILES string of the molecule is COC(=O)C1CC(C)(C(=O)O)N(C(=O)C2CCCC2)C1c1cccc(C)c1. The van der Waals surface area contributed by atoms with Crippen molar-refractivity contribution >= 4 is 17.8 Å². The maximum atomic E-state index is 13.4. The highest BCUT2D eigenvalue weighted by atomic mass is 16.5. The zero-order valence-electron chi connectivity index (χ0n) is 16.1. The van der Waals surface area contributed by atoms with Gasteiger partial charge in [0.2, 0.25) is 5.91 Å². The molecule has 0 bridgehead atoms. The van der Waals surface area contributed by atoms with Crippen LogP contribution in [0.4, 0.5) is 0 Å². The van der Waals surface area contributed by atoms with Crippen LogP contribution in [0.25, 0.3) is 0 Å². The summed E-state index contributed by atoms with van der Waals surface area (Å²) < 4.78 is 4.97. The molecule has 0 spiro atoms. The molecule has 3 unspecified atom stereocenters. The third-order valence-corrected chi connectivity index (χ3v) is 6.10. The van der Waals surface area contributed by atoms with Crippen LogP contribution in [0.15, 0.2) is 24.3 Å². The monoisotopic (exact) mass is 373 g/mol. The number of carbonyl (C=O) groups is 3. The first-order chi connectivity index (χ1) is 12.8. The summed E-state index contributed by atoms with van der Waals surface area (Å²) in [4.78, 5) is 39.6. The molecule has 2 aliphatic rings. The maximum absolute atomic E-state index is 13.4. The molecule has 1 saturated heterocycles. The van der Waals surface area contributed by atoms with Crippen LogP contribution in [0.1, 0.15) is 56.2 Å². The topological polar surface area (TPSA) is 83.9 Å². The Balaban J connectivity index is 2.12. The van der Waals surface area contributed by atoms with Crippen molar-refractivity contribution in [2.45, 2.75) is 57.5 Å². The van der Waals surface area contributed by atoms with E-state index >= 15 is 0 Å². The molecule has 1 saturated carbocycles. The molecule has 146 valence electrons. The molecule has 1 aromatic carbocycles. The highest BCUT2D eigenvalue weighted by Gasteiger charge is 2.59. The van der Waals surface area contributed by atoms with Crippen molar-refractivity contribution in [3.05, 3.63) is 35.4 Å². The van der Waals surface area contributed by atoms with Gasteiger partial charge in [-0.2, -0.15) is 0 Å². The summed E-state index contributed by atoms with van der Waals surface area (Å²) in [5.41, 5.74) is 0.336. The Morgan fingerprint density at radius 3 is 2.44 bits per heavy atom. The number of carboxylic acids is 1. The van der Waals surface area contributed by atoms with E-state index in [-0.39, 0.29) is 18.2 Å². The van der Waals surface area contributed by atoms with E-state index in [9.17, 15) is 19.5 Å². The number of ether oxygens (including phenoxy) is 1. The lowest BCUT2D eigenvalue weighted by Gasteiger charge is -2.37. The van der Waals surface area contributed by atoms with Gasteiger partial charge in [-0.05, 0) is 38.7 Å². The third-order valence-electron chi connectivity index (χ3n) is 6.10. The van der Waals surface area contributed by atoms with Gasteiger partial charge >= 0.3 is 11.9 Å². The molecule has 0 aromatic heterocycles. The van der Waals surface area contributed by atoms with Gasteiger partial charge < -0.3 is 14.7 Å². The third kappa shape index (κ3) is 3.33. The standard InChI is InChI=1S/C21H27NO5/c1-13-7-6-10-15(11-13)17-16(19(24)27-3)12-21(2,20(25)26)22(17)18(23)14-8-4-5-9-14/h6-7,10-11,14,16-17H,4-5,8-9,12H2,1-3H3,(H,25,26). The number of hydrogen-bond donors (Lipinski definition) is 1. The first-order valence-corrected chi connectivity index (χ1v) is 9.50. The predicted molar refractivity (Wildman–Crippen MR) is 98.9 cm³/mol. The van der Waals surface area contributed by atoms with Gasteiger partial charge in [-0.25, -0.2) is 4.79 Å². The minimum absolute atomic E-state index is 0.0477. The smallest absolute Gasteiger partial charge is 0.329 e. The number of esters is 1. The molecule has 1 amide bonds. The quantitative estimate of drug-likeness (QED) is 0.820.